The van der Waals surface area contributed by atoms with Crippen LogP contribution in [0.1, 0.15) is 42.3 Å². The SMILES string of the molecule is Cc1ccc(CN2CCN(C(=O)OC(C)(C)C)CC2)c(C(=O)NNC=O)c1. The predicted octanol–water partition coefficient (Wildman–Crippen LogP) is 1.44. The predicted molar refractivity (Wildman–Crippen MR) is 101 cm³/mol. The van der Waals surface area contributed by atoms with E-state index >= 15 is 0 Å². The average Bonchev–Trinajstić information content (AvgIpc) is 2.60. The number of hydrogen-bond donors (Lipinski definition) is 2. The van der Waals surface area contributed by atoms with Crippen LogP contribution in [0.15, 0.2) is 18.2 Å². The number of ether oxygens (including phenoxy) is 1. The smallest absolute Gasteiger partial charge is 0.410 e. The molecule has 1 aliphatic heterocycles. The molecule has 0 saturated carbocycles. The van der Waals surface area contributed by atoms with Gasteiger partial charge in [0.2, 0.25) is 6.41 Å². The van der Waals surface area contributed by atoms with Crippen molar-refractivity contribution in [3.05, 3.63) is 34.9 Å². The van der Waals surface area contributed by atoms with Crippen LogP contribution in [0.25, 0.3) is 0 Å². The van der Waals surface area contributed by atoms with Crippen LogP contribution in [0.2, 0.25) is 0 Å². The lowest BCUT2D eigenvalue weighted by molar-refractivity contribution is -0.110. The molecule has 3 amide bonds. The zero-order chi connectivity index (χ0) is 20.0. The van der Waals surface area contributed by atoms with E-state index in [-0.39, 0.29) is 12.0 Å². The second-order valence-electron chi connectivity index (χ2n) is 7.62. The van der Waals surface area contributed by atoms with Crippen molar-refractivity contribution in [1.29, 1.82) is 0 Å². The minimum atomic E-state index is -0.506. The van der Waals surface area contributed by atoms with Gasteiger partial charge in [0.15, 0.2) is 0 Å². The van der Waals surface area contributed by atoms with Gasteiger partial charge in [-0.15, -0.1) is 0 Å². The van der Waals surface area contributed by atoms with E-state index in [4.69, 9.17) is 4.74 Å². The number of benzene rings is 1. The molecule has 1 aliphatic rings. The van der Waals surface area contributed by atoms with Crippen LogP contribution >= 0.6 is 0 Å². The van der Waals surface area contributed by atoms with E-state index in [1.54, 1.807) is 11.0 Å². The number of amides is 3. The van der Waals surface area contributed by atoms with Crippen LogP contribution < -0.4 is 10.9 Å². The summed E-state index contributed by atoms with van der Waals surface area (Å²) in [7, 11) is 0. The van der Waals surface area contributed by atoms with E-state index in [9.17, 15) is 14.4 Å². The van der Waals surface area contributed by atoms with Gasteiger partial charge in [0.05, 0.1) is 0 Å². The standard InChI is InChI=1S/C19H28N4O4/c1-14-5-6-15(16(11-14)17(25)21-20-13-24)12-22-7-9-23(10-8-22)18(26)27-19(2,3)4/h5-6,11,13H,7-10,12H2,1-4H3,(H,20,24)(H,21,25). The van der Waals surface area contributed by atoms with E-state index in [0.29, 0.717) is 44.7 Å². The Bertz CT molecular complexity index is 691. The minimum absolute atomic E-state index is 0.294. The molecule has 1 aromatic carbocycles. The number of nitrogens with zero attached hydrogens (tertiary/aromatic N) is 2. The topological polar surface area (TPSA) is 91.0 Å². The van der Waals surface area contributed by atoms with Gasteiger partial charge < -0.3 is 9.64 Å². The highest BCUT2D eigenvalue weighted by Gasteiger charge is 2.26. The van der Waals surface area contributed by atoms with Gasteiger partial charge in [0.25, 0.3) is 5.91 Å². The Morgan fingerprint density at radius 2 is 1.85 bits per heavy atom. The summed E-state index contributed by atoms with van der Waals surface area (Å²) in [5.41, 5.74) is 6.39. The van der Waals surface area contributed by atoms with Crippen molar-refractivity contribution in [2.45, 2.75) is 39.8 Å². The Labute approximate surface area is 159 Å². The third kappa shape index (κ3) is 6.25. The fourth-order valence-electron chi connectivity index (χ4n) is 2.86. The molecule has 8 heteroatoms. The third-order valence-corrected chi connectivity index (χ3v) is 4.17. The van der Waals surface area contributed by atoms with Crippen LogP contribution in [0.3, 0.4) is 0 Å². The quantitative estimate of drug-likeness (QED) is 0.599. The first-order valence-corrected chi connectivity index (χ1v) is 8.99. The number of carbonyl (C=O) groups is 3. The Kier molecular flexibility index (Phi) is 6.79. The molecular formula is C19H28N4O4. The summed E-state index contributed by atoms with van der Waals surface area (Å²) in [6.07, 6.45) is 0.126. The normalized spacial score (nSPS) is 15.2. The summed E-state index contributed by atoms with van der Waals surface area (Å²) in [6.45, 7) is 10.6. The molecule has 0 bridgehead atoms. The molecule has 0 spiro atoms. The first-order chi connectivity index (χ1) is 12.7. The summed E-state index contributed by atoms with van der Waals surface area (Å²) >= 11 is 0. The second-order valence-corrected chi connectivity index (χ2v) is 7.62. The van der Waals surface area contributed by atoms with Crippen LogP contribution in [-0.2, 0) is 16.1 Å². The largest absolute Gasteiger partial charge is 0.444 e. The lowest BCUT2D eigenvalue weighted by Crippen LogP contribution is -2.49. The summed E-state index contributed by atoms with van der Waals surface area (Å²) in [5.74, 6) is -0.354. The van der Waals surface area contributed by atoms with E-state index in [1.165, 1.54) is 0 Å². The Morgan fingerprint density at radius 1 is 1.19 bits per heavy atom. The van der Waals surface area contributed by atoms with Crippen molar-refractivity contribution >= 4 is 18.4 Å². The molecule has 148 valence electrons. The fourth-order valence-corrected chi connectivity index (χ4v) is 2.86. The summed E-state index contributed by atoms with van der Waals surface area (Å²) < 4.78 is 5.41. The lowest BCUT2D eigenvalue weighted by Gasteiger charge is -2.35. The van der Waals surface area contributed by atoms with E-state index < -0.39 is 5.60 Å². The van der Waals surface area contributed by atoms with Gasteiger partial charge in [-0.2, -0.15) is 0 Å². The highest BCUT2D eigenvalue weighted by molar-refractivity contribution is 5.96. The molecule has 0 radical (unpaired) electrons. The van der Waals surface area contributed by atoms with Gasteiger partial charge in [-0.05, 0) is 39.3 Å². The molecule has 27 heavy (non-hydrogen) atoms. The number of aryl methyl sites for hydroxylation is 1. The first-order valence-electron chi connectivity index (χ1n) is 8.99. The number of hydrogen-bond acceptors (Lipinski definition) is 5. The molecule has 0 atom stereocenters. The Balaban J connectivity index is 1.98. The van der Waals surface area contributed by atoms with Gasteiger partial charge >= 0.3 is 6.09 Å². The second kappa shape index (κ2) is 8.85. The highest BCUT2D eigenvalue weighted by atomic mass is 16.6. The number of nitrogens with one attached hydrogen (secondary N) is 2. The molecule has 1 heterocycles. The number of hydrazine groups is 1. The molecule has 8 nitrogen and oxygen atoms in total. The van der Waals surface area contributed by atoms with E-state index in [1.807, 2.05) is 39.8 Å². The highest BCUT2D eigenvalue weighted by Crippen LogP contribution is 2.17. The minimum Gasteiger partial charge on any atom is -0.444 e. The first kappa shape index (κ1) is 20.7. The van der Waals surface area contributed by atoms with Crippen molar-refractivity contribution in [1.82, 2.24) is 20.7 Å². The number of carbonyl (C=O) groups excluding carboxylic acids is 3. The molecule has 1 aromatic rings. The Morgan fingerprint density at radius 3 is 2.44 bits per heavy atom. The molecule has 2 rings (SSSR count). The maximum atomic E-state index is 12.3. The van der Waals surface area contributed by atoms with Crippen LogP contribution in [-0.4, -0.2) is 60.0 Å². The monoisotopic (exact) mass is 376 g/mol. The van der Waals surface area contributed by atoms with Crippen molar-refractivity contribution in [3.63, 3.8) is 0 Å². The van der Waals surface area contributed by atoms with Crippen LogP contribution in [0.5, 0.6) is 0 Å². The van der Waals surface area contributed by atoms with Crippen molar-refractivity contribution < 1.29 is 19.1 Å². The molecule has 0 aliphatic carbocycles. The number of piperazine rings is 1. The molecule has 0 unspecified atom stereocenters. The van der Waals surface area contributed by atoms with E-state index in [0.717, 1.165) is 11.1 Å². The summed E-state index contributed by atoms with van der Waals surface area (Å²) in [6, 6.07) is 5.68. The molecule has 2 N–H and O–H groups in total. The van der Waals surface area contributed by atoms with Crippen molar-refractivity contribution in [3.8, 4) is 0 Å². The maximum absolute atomic E-state index is 12.3. The average molecular weight is 376 g/mol. The fraction of sp³-hybridized carbons (Fsp3) is 0.526. The van der Waals surface area contributed by atoms with E-state index in [2.05, 4.69) is 15.8 Å². The zero-order valence-corrected chi connectivity index (χ0v) is 16.4. The van der Waals surface area contributed by atoms with Crippen LogP contribution in [0, 0.1) is 6.92 Å². The zero-order valence-electron chi connectivity index (χ0n) is 16.4. The Hall–Kier alpha value is -2.61. The number of rotatable bonds is 5. The molecule has 1 fully saturated rings. The molecule has 0 aromatic heterocycles. The summed E-state index contributed by atoms with van der Waals surface area (Å²) in [5, 5.41) is 0. The van der Waals surface area contributed by atoms with Crippen LogP contribution in [0.4, 0.5) is 4.79 Å². The van der Waals surface area contributed by atoms with Gasteiger partial charge in [0.1, 0.15) is 5.60 Å². The summed E-state index contributed by atoms with van der Waals surface area (Å²) in [4.78, 5) is 38.7. The van der Waals surface area contributed by atoms with Gasteiger partial charge in [-0.1, -0.05) is 17.7 Å². The molecule has 1 saturated heterocycles. The van der Waals surface area contributed by atoms with Gasteiger partial charge in [-0.25, -0.2) is 4.79 Å². The maximum Gasteiger partial charge on any atom is 0.410 e. The van der Waals surface area contributed by atoms with Crippen molar-refractivity contribution in [2.75, 3.05) is 26.2 Å². The van der Waals surface area contributed by atoms with Gasteiger partial charge in [-0.3, -0.25) is 25.3 Å². The third-order valence-electron chi connectivity index (χ3n) is 4.17. The molecular weight excluding hydrogens is 348 g/mol. The van der Waals surface area contributed by atoms with Crippen molar-refractivity contribution in [2.24, 2.45) is 0 Å². The lowest BCUT2D eigenvalue weighted by atomic mass is 10.0. The van der Waals surface area contributed by atoms with Gasteiger partial charge in [0, 0.05) is 38.3 Å².